The Labute approximate surface area is 176 Å². The van der Waals surface area contributed by atoms with E-state index in [1.165, 1.54) is 0 Å². The number of likely N-dealkylation sites (N-methyl/N-ethyl adjacent to an activating group) is 1. The van der Waals surface area contributed by atoms with Gasteiger partial charge in [-0.3, -0.25) is 4.79 Å². The highest BCUT2D eigenvalue weighted by Crippen LogP contribution is 2.34. The van der Waals surface area contributed by atoms with Crippen LogP contribution >= 0.6 is 0 Å². The zero-order valence-corrected chi connectivity index (χ0v) is 17.7. The third-order valence-electron chi connectivity index (χ3n) is 5.46. The first kappa shape index (κ1) is 19.9. The average molecular weight is 402 g/mol. The molecule has 2 N–H and O–H groups in total. The fraction of sp³-hybridized carbons (Fsp3) is 0.292. The number of hydrogen-bond acceptors (Lipinski definition) is 4. The molecule has 3 heterocycles. The van der Waals surface area contributed by atoms with Crippen LogP contribution in [0.3, 0.4) is 0 Å². The number of nitrogens with one attached hydrogen (secondary N) is 2. The summed E-state index contributed by atoms with van der Waals surface area (Å²) in [7, 11) is 2.00. The quantitative estimate of drug-likeness (QED) is 0.602. The molecule has 0 bridgehead atoms. The summed E-state index contributed by atoms with van der Waals surface area (Å²) in [5.74, 6) is 0.984. The predicted molar refractivity (Wildman–Crippen MR) is 122 cm³/mol. The van der Waals surface area contributed by atoms with Crippen molar-refractivity contribution in [2.24, 2.45) is 0 Å². The third kappa shape index (κ3) is 3.49. The number of fused-ring (bicyclic) bond motifs is 2. The molecule has 30 heavy (non-hydrogen) atoms. The fourth-order valence-corrected chi connectivity index (χ4v) is 4.16. The van der Waals surface area contributed by atoms with Crippen molar-refractivity contribution in [3.8, 4) is 11.3 Å². The molecule has 0 spiro atoms. The molecule has 4 rings (SSSR count). The van der Waals surface area contributed by atoms with Gasteiger partial charge in [0.15, 0.2) is 5.82 Å². The lowest BCUT2D eigenvalue weighted by atomic mass is 9.94. The number of aryl methyl sites for hydroxylation is 1. The molecule has 1 unspecified atom stereocenters. The van der Waals surface area contributed by atoms with E-state index in [1.807, 2.05) is 51.2 Å². The first-order valence-electron chi connectivity index (χ1n) is 10.1. The lowest BCUT2D eigenvalue weighted by Crippen LogP contribution is -2.34. The predicted octanol–water partition coefficient (Wildman–Crippen LogP) is 4.35. The Morgan fingerprint density at radius 1 is 1.33 bits per heavy atom. The molecule has 1 atom stereocenters. The molecule has 0 saturated heterocycles. The van der Waals surface area contributed by atoms with Gasteiger partial charge in [-0.05, 0) is 32.4 Å². The van der Waals surface area contributed by atoms with Crippen LogP contribution in [0.25, 0.3) is 22.3 Å². The molecule has 0 saturated carbocycles. The van der Waals surface area contributed by atoms with E-state index in [-0.39, 0.29) is 11.8 Å². The van der Waals surface area contributed by atoms with Gasteiger partial charge in [-0.25, -0.2) is 9.97 Å². The van der Waals surface area contributed by atoms with Crippen molar-refractivity contribution >= 4 is 22.8 Å². The standard InChI is InChI=1S/C24H27N5O/c1-6-8-16-12-25-24(30)18-11-20(27-21(16)18)17-9-7-10-19-22(17)28-23(15(4)26-19)29(5)13-14(2)3/h6-7,9-11,16,27H,1-2,8,12-13H2,3-5H3,(H,25,30). The van der Waals surface area contributed by atoms with Gasteiger partial charge in [-0.2, -0.15) is 0 Å². The minimum atomic E-state index is -0.0446. The summed E-state index contributed by atoms with van der Waals surface area (Å²) in [6.07, 6.45) is 2.69. The molecule has 1 aliphatic heterocycles. The number of carbonyl (C=O) groups is 1. The minimum Gasteiger partial charge on any atom is -0.357 e. The van der Waals surface area contributed by atoms with E-state index < -0.39 is 0 Å². The summed E-state index contributed by atoms with van der Waals surface area (Å²) < 4.78 is 0. The molecule has 0 radical (unpaired) electrons. The van der Waals surface area contributed by atoms with Crippen LogP contribution in [0, 0.1) is 6.92 Å². The van der Waals surface area contributed by atoms with Gasteiger partial charge in [-0.1, -0.05) is 30.4 Å². The van der Waals surface area contributed by atoms with Crippen LogP contribution in [0.4, 0.5) is 5.82 Å². The van der Waals surface area contributed by atoms with Crippen molar-refractivity contribution in [1.29, 1.82) is 0 Å². The lowest BCUT2D eigenvalue weighted by Gasteiger charge is -2.21. The lowest BCUT2D eigenvalue weighted by molar-refractivity contribution is 0.0940. The number of H-pyrrole nitrogens is 1. The monoisotopic (exact) mass is 401 g/mol. The molecule has 1 aliphatic rings. The molecule has 6 heteroatoms. The normalized spacial score (nSPS) is 15.6. The third-order valence-corrected chi connectivity index (χ3v) is 5.46. The highest BCUT2D eigenvalue weighted by molar-refractivity contribution is 6.00. The van der Waals surface area contributed by atoms with Crippen molar-refractivity contribution in [1.82, 2.24) is 20.3 Å². The van der Waals surface area contributed by atoms with E-state index in [0.717, 1.165) is 51.5 Å². The van der Waals surface area contributed by atoms with E-state index >= 15 is 0 Å². The maximum absolute atomic E-state index is 12.4. The van der Waals surface area contributed by atoms with Gasteiger partial charge in [0.05, 0.1) is 16.8 Å². The van der Waals surface area contributed by atoms with Gasteiger partial charge < -0.3 is 15.2 Å². The van der Waals surface area contributed by atoms with Crippen LogP contribution in [0.5, 0.6) is 0 Å². The highest BCUT2D eigenvalue weighted by atomic mass is 16.1. The van der Waals surface area contributed by atoms with Crippen LogP contribution in [-0.2, 0) is 0 Å². The summed E-state index contributed by atoms with van der Waals surface area (Å²) in [5.41, 5.74) is 7.05. The van der Waals surface area contributed by atoms with Gasteiger partial charge in [0.1, 0.15) is 5.52 Å². The Bertz CT molecular complexity index is 1160. The Balaban J connectivity index is 1.85. The van der Waals surface area contributed by atoms with Crippen LogP contribution in [0.2, 0.25) is 0 Å². The number of rotatable bonds is 6. The molecule has 0 aliphatic carbocycles. The molecule has 2 aromatic heterocycles. The van der Waals surface area contributed by atoms with E-state index in [1.54, 1.807) is 0 Å². The molecular weight excluding hydrogens is 374 g/mol. The fourth-order valence-electron chi connectivity index (χ4n) is 4.16. The first-order chi connectivity index (χ1) is 14.4. The summed E-state index contributed by atoms with van der Waals surface area (Å²) in [6, 6.07) is 7.89. The van der Waals surface area contributed by atoms with Gasteiger partial charge >= 0.3 is 0 Å². The van der Waals surface area contributed by atoms with Gasteiger partial charge in [0.25, 0.3) is 5.91 Å². The van der Waals surface area contributed by atoms with Crippen molar-refractivity contribution < 1.29 is 4.79 Å². The number of hydrogen-bond donors (Lipinski definition) is 2. The number of amides is 1. The van der Waals surface area contributed by atoms with Crippen LogP contribution < -0.4 is 10.2 Å². The first-order valence-corrected chi connectivity index (χ1v) is 10.1. The van der Waals surface area contributed by atoms with Gasteiger partial charge in [-0.15, -0.1) is 6.58 Å². The summed E-state index contributed by atoms with van der Waals surface area (Å²) >= 11 is 0. The summed E-state index contributed by atoms with van der Waals surface area (Å²) in [4.78, 5) is 27.8. The number of benzene rings is 1. The molecule has 0 fully saturated rings. The zero-order valence-electron chi connectivity index (χ0n) is 17.7. The maximum atomic E-state index is 12.4. The Morgan fingerprint density at radius 3 is 2.87 bits per heavy atom. The SMILES string of the molecule is C=CCC1CNC(=O)c2cc(-c3cccc4nc(C)c(N(C)CC(=C)C)nc34)[nH]c21. The summed E-state index contributed by atoms with van der Waals surface area (Å²) in [5, 5.41) is 2.98. The second-order valence-corrected chi connectivity index (χ2v) is 8.06. The van der Waals surface area contributed by atoms with Crippen LogP contribution in [0.15, 0.2) is 49.1 Å². The van der Waals surface area contributed by atoms with E-state index in [0.29, 0.717) is 18.7 Å². The number of allylic oxidation sites excluding steroid dienone is 1. The Morgan fingerprint density at radius 2 is 2.13 bits per heavy atom. The maximum Gasteiger partial charge on any atom is 0.253 e. The molecule has 154 valence electrons. The smallest absolute Gasteiger partial charge is 0.253 e. The zero-order chi connectivity index (χ0) is 21.4. The molecule has 6 nitrogen and oxygen atoms in total. The topological polar surface area (TPSA) is 73.9 Å². The van der Waals surface area contributed by atoms with Crippen molar-refractivity contribution in [2.75, 3.05) is 25.0 Å². The Hall–Kier alpha value is -3.41. The number of para-hydroxylation sites is 1. The molecule has 1 amide bonds. The number of nitrogens with zero attached hydrogens (tertiary/aromatic N) is 3. The van der Waals surface area contributed by atoms with E-state index in [9.17, 15) is 4.79 Å². The number of aromatic amines is 1. The van der Waals surface area contributed by atoms with Gasteiger partial charge in [0, 0.05) is 43.0 Å². The molecular formula is C24H27N5O. The second kappa shape index (κ2) is 7.78. The Kier molecular flexibility index (Phi) is 5.16. The van der Waals surface area contributed by atoms with Crippen LogP contribution in [-0.4, -0.2) is 41.0 Å². The number of carbonyl (C=O) groups excluding carboxylic acids is 1. The number of anilines is 1. The van der Waals surface area contributed by atoms with Crippen molar-refractivity contribution in [3.05, 3.63) is 66.0 Å². The summed E-state index contributed by atoms with van der Waals surface area (Å²) in [6.45, 7) is 13.2. The van der Waals surface area contributed by atoms with Crippen LogP contribution in [0.1, 0.15) is 41.0 Å². The van der Waals surface area contributed by atoms with E-state index in [2.05, 4.69) is 28.4 Å². The largest absolute Gasteiger partial charge is 0.357 e. The highest BCUT2D eigenvalue weighted by Gasteiger charge is 2.28. The van der Waals surface area contributed by atoms with Crippen molar-refractivity contribution in [2.45, 2.75) is 26.2 Å². The second-order valence-electron chi connectivity index (χ2n) is 8.06. The molecule has 1 aromatic carbocycles. The average Bonchev–Trinajstić information content (AvgIpc) is 3.15. The van der Waals surface area contributed by atoms with Crippen molar-refractivity contribution in [3.63, 3.8) is 0 Å². The molecule has 3 aromatic rings. The minimum absolute atomic E-state index is 0.0446. The van der Waals surface area contributed by atoms with Gasteiger partial charge in [0.2, 0.25) is 0 Å². The number of aromatic nitrogens is 3. The van der Waals surface area contributed by atoms with E-state index in [4.69, 9.17) is 9.97 Å².